The van der Waals surface area contributed by atoms with Crippen LogP contribution >= 0.6 is 0 Å². The van der Waals surface area contributed by atoms with Crippen molar-refractivity contribution < 1.29 is 4.74 Å². The van der Waals surface area contributed by atoms with Gasteiger partial charge in [-0.25, -0.2) is 0 Å². The van der Waals surface area contributed by atoms with E-state index in [1.54, 1.807) is 0 Å². The Labute approximate surface area is 88.0 Å². The fraction of sp³-hybridized carbons (Fsp3) is 0.0833. The van der Waals surface area contributed by atoms with Crippen molar-refractivity contribution in [2.75, 3.05) is 6.61 Å². The summed E-state index contributed by atoms with van der Waals surface area (Å²) < 4.78 is 5.33. The number of hydrogen-bond acceptors (Lipinski definition) is 2. The summed E-state index contributed by atoms with van der Waals surface area (Å²) in [4.78, 5) is 0. The standard InChI is InChI=1S/C12H12N2O/c13-12(14)8-15-11-6-5-9-3-1-2-4-10(9)7-11/h1-7H,8H2,(H3,13,14). The van der Waals surface area contributed by atoms with E-state index in [1.165, 1.54) is 5.39 Å². The summed E-state index contributed by atoms with van der Waals surface area (Å²) in [7, 11) is 0. The summed E-state index contributed by atoms with van der Waals surface area (Å²) in [6.45, 7) is 0.137. The number of nitrogens with one attached hydrogen (secondary N) is 1. The molecular weight excluding hydrogens is 188 g/mol. The average molecular weight is 200 g/mol. The van der Waals surface area contributed by atoms with Gasteiger partial charge in [-0.3, -0.25) is 5.41 Å². The lowest BCUT2D eigenvalue weighted by Gasteiger charge is -2.05. The van der Waals surface area contributed by atoms with Crippen LogP contribution < -0.4 is 10.5 Å². The molecule has 0 aromatic heterocycles. The number of amidine groups is 1. The van der Waals surface area contributed by atoms with Gasteiger partial charge >= 0.3 is 0 Å². The Bertz CT molecular complexity index is 494. The minimum Gasteiger partial charge on any atom is -0.486 e. The van der Waals surface area contributed by atoms with E-state index in [9.17, 15) is 0 Å². The van der Waals surface area contributed by atoms with Gasteiger partial charge < -0.3 is 10.5 Å². The van der Waals surface area contributed by atoms with Crippen LogP contribution in [0.15, 0.2) is 42.5 Å². The molecule has 3 N–H and O–H groups in total. The highest BCUT2D eigenvalue weighted by Gasteiger charge is 1.97. The zero-order valence-corrected chi connectivity index (χ0v) is 8.23. The van der Waals surface area contributed by atoms with Gasteiger partial charge in [0.1, 0.15) is 18.2 Å². The van der Waals surface area contributed by atoms with E-state index >= 15 is 0 Å². The van der Waals surface area contributed by atoms with Crippen LogP contribution in [0.4, 0.5) is 0 Å². The molecule has 0 aliphatic carbocycles. The van der Waals surface area contributed by atoms with Crippen molar-refractivity contribution in [2.24, 2.45) is 5.73 Å². The summed E-state index contributed by atoms with van der Waals surface area (Å²) in [6, 6.07) is 13.9. The smallest absolute Gasteiger partial charge is 0.145 e. The third kappa shape index (κ3) is 2.26. The maximum absolute atomic E-state index is 7.06. The topological polar surface area (TPSA) is 59.1 Å². The zero-order valence-electron chi connectivity index (χ0n) is 8.23. The Kier molecular flexibility index (Phi) is 2.54. The molecule has 76 valence electrons. The molecular formula is C12H12N2O. The molecule has 3 heteroatoms. The molecule has 2 aromatic carbocycles. The Balaban J connectivity index is 2.26. The zero-order chi connectivity index (χ0) is 10.7. The highest BCUT2D eigenvalue weighted by atomic mass is 16.5. The van der Waals surface area contributed by atoms with Gasteiger partial charge in [0.15, 0.2) is 0 Å². The Morgan fingerprint density at radius 3 is 2.60 bits per heavy atom. The van der Waals surface area contributed by atoms with Crippen LogP contribution in [0.5, 0.6) is 5.75 Å². The summed E-state index contributed by atoms with van der Waals surface area (Å²) in [5.74, 6) is 0.770. The van der Waals surface area contributed by atoms with E-state index in [2.05, 4.69) is 0 Å². The Hall–Kier alpha value is -2.03. The first-order valence-electron chi connectivity index (χ1n) is 4.70. The number of nitrogens with two attached hydrogens (primary N) is 1. The van der Waals surface area contributed by atoms with Crippen LogP contribution in [0.2, 0.25) is 0 Å². The lowest BCUT2D eigenvalue weighted by Crippen LogP contribution is -2.19. The molecule has 0 aliphatic heterocycles. The van der Waals surface area contributed by atoms with Crippen LogP contribution in [0.3, 0.4) is 0 Å². The third-order valence-corrected chi connectivity index (χ3v) is 2.12. The molecule has 0 heterocycles. The molecule has 0 atom stereocenters. The maximum atomic E-state index is 7.06. The fourth-order valence-electron chi connectivity index (χ4n) is 1.42. The van der Waals surface area contributed by atoms with E-state index in [0.29, 0.717) is 0 Å². The number of fused-ring (bicyclic) bond motifs is 1. The van der Waals surface area contributed by atoms with Gasteiger partial charge in [-0.05, 0) is 22.9 Å². The maximum Gasteiger partial charge on any atom is 0.145 e. The predicted octanol–water partition coefficient (Wildman–Crippen LogP) is 2.15. The van der Waals surface area contributed by atoms with Gasteiger partial charge in [0.25, 0.3) is 0 Å². The second-order valence-electron chi connectivity index (χ2n) is 3.32. The molecule has 0 amide bonds. The number of benzene rings is 2. The van der Waals surface area contributed by atoms with Gasteiger partial charge in [0.2, 0.25) is 0 Å². The Morgan fingerprint density at radius 1 is 1.13 bits per heavy atom. The van der Waals surface area contributed by atoms with Crippen molar-refractivity contribution in [1.29, 1.82) is 5.41 Å². The molecule has 0 bridgehead atoms. The summed E-state index contributed by atoms with van der Waals surface area (Å²) in [5.41, 5.74) is 5.21. The number of hydrogen-bond donors (Lipinski definition) is 2. The summed E-state index contributed by atoms with van der Waals surface area (Å²) in [6.07, 6.45) is 0. The minimum absolute atomic E-state index is 0.0307. The first-order chi connectivity index (χ1) is 7.25. The number of ether oxygens (including phenoxy) is 1. The van der Waals surface area contributed by atoms with Crippen molar-refractivity contribution in [1.82, 2.24) is 0 Å². The van der Waals surface area contributed by atoms with E-state index in [4.69, 9.17) is 15.9 Å². The van der Waals surface area contributed by atoms with Crippen LogP contribution in [-0.2, 0) is 0 Å². The molecule has 0 saturated carbocycles. The first kappa shape index (κ1) is 9.52. The van der Waals surface area contributed by atoms with Gasteiger partial charge in [-0.1, -0.05) is 30.3 Å². The molecule has 0 unspecified atom stereocenters. The largest absolute Gasteiger partial charge is 0.486 e. The molecule has 0 fully saturated rings. The van der Waals surface area contributed by atoms with E-state index in [1.807, 2.05) is 42.5 Å². The van der Waals surface area contributed by atoms with Gasteiger partial charge in [0.05, 0.1) is 0 Å². The van der Waals surface area contributed by atoms with Gasteiger partial charge in [-0.15, -0.1) is 0 Å². The van der Waals surface area contributed by atoms with Crippen LogP contribution in [0, 0.1) is 5.41 Å². The van der Waals surface area contributed by atoms with E-state index in [0.717, 1.165) is 11.1 Å². The van der Waals surface area contributed by atoms with E-state index < -0.39 is 0 Å². The average Bonchev–Trinajstić information content (AvgIpc) is 2.26. The van der Waals surface area contributed by atoms with E-state index in [-0.39, 0.29) is 12.4 Å². The van der Waals surface area contributed by atoms with Crippen LogP contribution in [0.25, 0.3) is 10.8 Å². The molecule has 15 heavy (non-hydrogen) atoms. The van der Waals surface area contributed by atoms with Gasteiger partial charge in [-0.2, -0.15) is 0 Å². The van der Waals surface area contributed by atoms with Gasteiger partial charge in [0, 0.05) is 0 Å². The summed E-state index contributed by atoms with van der Waals surface area (Å²) >= 11 is 0. The molecule has 3 nitrogen and oxygen atoms in total. The van der Waals surface area contributed by atoms with Crippen molar-refractivity contribution in [3.63, 3.8) is 0 Å². The quantitative estimate of drug-likeness (QED) is 0.589. The Morgan fingerprint density at radius 2 is 1.87 bits per heavy atom. The minimum atomic E-state index is 0.0307. The monoisotopic (exact) mass is 200 g/mol. The van der Waals surface area contributed by atoms with Crippen LogP contribution in [-0.4, -0.2) is 12.4 Å². The fourth-order valence-corrected chi connectivity index (χ4v) is 1.42. The lowest BCUT2D eigenvalue weighted by molar-refractivity contribution is 0.375. The van der Waals surface area contributed by atoms with Crippen molar-refractivity contribution in [2.45, 2.75) is 0 Å². The number of rotatable bonds is 3. The van der Waals surface area contributed by atoms with Crippen molar-refractivity contribution in [3.05, 3.63) is 42.5 Å². The SMILES string of the molecule is N=C(N)COc1ccc2ccccc2c1. The predicted molar refractivity (Wildman–Crippen MR) is 61.4 cm³/mol. The summed E-state index contributed by atoms with van der Waals surface area (Å²) in [5, 5.41) is 9.36. The normalized spacial score (nSPS) is 10.1. The molecule has 0 radical (unpaired) electrons. The molecule has 2 rings (SSSR count). The van der Waals surface area contributed by atoms with Crippen LogP contribution in [0.1, 0.15) is 0 Å². The third-order valence-electron chi connectivity index (χ3n) is 2.12. The second kappa shape index (κ2) is 4.00. The molecule has 2 aromatic rings. The van der Waals surface area contributed by atoms with Crippen molar-refractivity contribution >= 4 is 16.6 Å². The second-order valence-corrected chi connectivity index (χ2v) is 3.32. The molecule has 0 saturated heterocycles. The van der Waals surface area contributed by atoms with Crippen molar-refractivity contribution in [3.8, 4) is 5.75 Å². The first-order valence-corrected chi connectivity index (χ1v) is 4.70. The lowest BCUT2D eigenvalue weighted by atomic mass is 10.1. The highest BCUT2D eigenvalue weighted by molar-refractivity contribution is 5.84. The molecule has 0 aliphatic rings. The molecule has 0 spiro atoms. The highest BCUT2D eigenvalue weighted by Crippen LogP contribution is 2.20.